The Hall–Kier alpha value is -3.07. The van der Waals surface area contributed by atoms with E-state index in [1.165, 1.54) is 4.31 Å². The number of hydrogen-bond donors (Lipinski definition) is 1. The number of rotatable bonds is 16. The molecule has 2 rings (SSSR count). The Bertz CT molecular complexity index is 1120. The maximum atomic E-state index is 13.5. The van der Waals surface area contributed by atoms with Gasteiger partial charge >= 0.3 is 0 Å². The van der Waals surface area contributed by atoms with Crippen LogP contribution in [0.4, 0.5) is 5.69 Å². The fraction of sp³-hybridized carbons (Fsp3) is 0.517. The van der Waals surface area contributed by atoms with E-state index in [4.69, 9.17) is 4.74 Å². The molecule has 0 unspecified atom stereocenters. The topological polar surface area (TPSA) is 96.0 Å². The Balaban J connectivity index is 2.17. The SMILES string of the molecule is CCCCNC(=O)[C@@H](CC)N(Cc1ccc(C)cc1)C(=O)CCCN(c1ccc(OCC)cc1)S(C)(=O)=O. The predicted octanol–water partition coefficient (Wildman–Crippen LogP) is 4.66. The molecule has 0 heterocycles. The van der Waals surface area contributed by atoms with Crippen molar-refractivity contribution in [2.75, 3.05) is 30.3 Å². The molecule has 1 N–H and O–H groups in total. The summed E-state index contributed by atoms with van der Waals surface area (Å²) in [6.07, 6.45) is 3.92. The molecule has 0 aliphatic carbocycles. The highest BCUT2D eigenvalue weighted by atomic mass is 32.2. The average Bonchev–Trinajstić information content (AvgIpc) is 2.88. The van der Waals surface area contributed by atoms with Gasteiger partial charge in [0.15, 0.2) is 0 Å². The quantitative estimate of drug-likeness (QED) is 0.310. The van der Waals surface area contributed by atoms with Crippen LogP contribution >= 0.6 is 0 Å². The van der Waals surface area contributed by atoms with Crippen molar-refractivity contribution < 1.29 is 22.7 Å². The third-order valence-corrected chi connectivity index (χ3v) is 7.47. The molecule has 0 aliphatic heterocycles. The van der Waals surface area contributed by atoms with E-state index in [0.717, 1.165) is 30.2 Å². The van der Waals surface area contributed by atoms with Gasteiger partial charge in [0, 0.05) is 26.1 Å². The zero-order valence-electron chi connectivity index (χ0n) is 23.4. The number of hydrogen-bond acceptors (Lipinski definition) is 5. The zero-order valence-corrected chi connectivity index (χ0v) is 24.2. The zero-order chi connectivity index (χ0) is 28.1. The molecule has 0 saturated heterocycles. The molecule has 1 atom stereocenters. The summed E-state index contributed by atoms with van der Waals surface area (Å²) in [7, 11) is -3.56. The second-order valence-electron chi connectivity index (χ2n) is 9.44. The van der Waals surface area contributed by atoms with Gasteiger partial charge in [0.05, 0.1) is 18.6 Å². The van der Waals surface area contributed by atoms with Crippen LogP contribution in [0, 0.1) is 6.92 Å². The standard InChI is InChI=1S/C29H43N3O5S/c1-6-9-20-30-29(34)27(7-2)31(22-24-14-12-23(4)13-15-24)28(33)11-10-21-32(38(5,35)36)25-16-18-26(19-17-25)37-8-3/h12-19,27H,6-11,20-22H2,1-5H3,(H,30,34)/t27-/m1/s1. The van der Waals surface area contributed by atoms with Crippen LogP contribution in [0.5, 0.6) is 5.75 Å². The van der Waals surface area contributed by atoms with Crippen molar-refractivity contribution in [2.45, 2.75) is 72.4 Å². The molecule has 8 nitrogen and oxygen atoms in total. The van der Waals surface area contributed by atoms with E-state index in [2.05, 4.69) is 12.2 Å². The van der Waals surface area contributed by atoms with E-state index < -0.39 is 16.1 Å². The Morgan fingerprint density at radius 2 is 1.63 bits per heavy atom. The van der Waals surface area contributed by atoms with Gasteiger partial charge in [0.25, 0.3) is 0 Å². The fourth-order valence-corrected chi connectivity index (χ4v) is 5.16. The van der Waals surface area contributed by atoms with Crippen molar-refractivity contribution >= 4 is 27.5 Å². The lowest BCUT2D eigenvalue weighted by atomic mass is 10.1. The summed E-state index contributed by atoms with van der Waals surface area (Å²) >= 11 is 0. The number of nitrogens with one attached hydrogen (secondary N) is 1. The molecular formula is C29H43N3O5S. The number of amides is 2. The number of unbranched alkanes of at least 4 members (excludes halogenated alkanes) is 1. The van der Waals surface area contributed by atoms with Crippen LogP contribution < -0.4 is 14.4 Å². The van der Waals surface area contributed by atoms with Gasteiger partial charge in [-0.2, -0.15) is 0 Å². The van der Waals surface area contributed by atoms with Crippen molar-refractivity contribution in [1.82, 2.24) is 10.2 Å². The number of carbonyl (C=O) groups excluding carboxylic acids is 2. The summed E-state index contributed by atoms with van der Waals surface area (Å²) in [6.45, 7) is 9.40. The van der Waals surface area contributed by atoms with Crippen molar-refractivity contribution in [3.63, 3.8) is 0 Å². The van der Waals surface area contributed by atoms with Crippen molar-refractivity contribution in [3.8, 4) is 5.75 Å². The first-order valence-electron chi connectivity index (χ1n) is 13.4. The van der Waals surface area contributed by atoms with Crippen LogP contribution in [-0.2, 0) is 26.2 Å². The summed E-state index contributed by atoms with van der Waals surface area (Å²) in [5.74, 6) is 0.325. The largest absolute Gasteiger partial charge is 0.494 e. The number of benzene rings is 2. The second kappa shape index (κ2) is 15.4. The minimum atomic E-state index is -3.56. The molecule has 0 aromatic heterocycles. The lowest BCUT2D eigenvalue weighted by Gasteiger charge is -2.31. The number of ether oxygens (including phenoxy) is 1. The van der Waals surface area contributed by atoms with Gasteiger partial charge in [-0.25, -0.2) is 8.42 Å². The molecule has 0 fully saturated rings. The smallest absolute Gasteiger partial charge is 0.242 e. The highest BCUT2D eigenvalue weighted by Crippen LogP contribution is 2.23. The maximum absolute atomic E-state index is 13.5. The highest BCUT2D eigenvalue weighted by Gasteiger charge is 2.28. The third-order valence-electron chi connectivity index (χ3n) is 6.28. The number of nitrogens with zero attached hydrogens (tertiary/aromatic N) is 2. The number of carbonyl (C=O) groups is 2. The first kappa shape index (κ1) is 31.1. The second-order valence-corrected chi connectivity index (χ2v) is 11.3. The summed E-state index contributed by atoms with van der Waals surface area (Å²) in [5, 5.41) is 2.96. The first-order valence-corrected chi connectivity index (χ1v) is 15.3. The molecule has 0 radical (unpaired) electrons. The van der Waals surface area contributed by atoms with Gasteiger partial charge in [0.1, 0.15) is 11.8 Å². The fourth-order valence-electron chi connectivity index (χ4n) is 4.20. The van der Waals surface area contributed by atoms with Gasteiger partial charge in [-0.05, 0) is 62.9 Å². The van der Waals surface area contributed by atoms with E-state index >= 15 is 0 Å². The predicted molar refractivity (Wildman–Crippen MR) is 153 cm³/mol. The molecule has 0 spiro atoms. The molecule has 2 aromatic rings. The minimum absolute atomic E-state index is 0.119. The molecule has 210 valence electrons. The molecule has 0 saturated carbocycles. The van der Waals surface area contributed by atoms with Crippen LogP contribution in [0.1, 0.15) is 64.0 Å². The molecular weight excluding hydrogens is 502 g/mol. The lowest BCUT2D eigenvalue weighted by Crippen LogP contribution is -2.49. The van der Waals surface area contributed by atoms with E-state index in [1.54, 1.807) is 29.2 Å². The monoisotopic (exact) mass is 545 g/mol. The number of sulfonamides is 1. The van der Waals surface area contributed by atoms with E-state index in [1.807, 2.05) is 45.0 Å². The van der Waals surface area contributed by atoms with Gasteiger partial charge in [0.2, 0.25) is 21.8 Å². The van der Waals surface area contributed by atoms with E-state index in [9.17, 15) is 18.0 Å². The van der Waals surface area contributed by atoms with Gasteiger partial charge in [-0.3, -0.25) is 13.9 Å². The van der Waals surface area contributed by atoms with Gasteiger partial charge in [-0.15, -0.1) is 0 Å². The molecule has 9 heteroatoms. The molecule has 2 aromatic carbocycles. The third kappa shape index (κ3) is 9.67. The minimum Gasteiger partial charge on any atom is -0.494 e. The Kier molecular flexibility index (Phi) is 12.6. The summed E-state index contributed by atoms with van der Waals surface area (Å²) in [5.41, 5.74) is 2.57. The van der Waals surface area contributed by atoms with Crippen molar-refractivity contribution in [1.29, 1.82) is 0 Å². The van der Waals surface area contributed by atoms with Crippen LogP contribution in [0.3, 0.4) is 0 Å². The van der Waals surface area contributed by atoms with Crippen LogP contribution in [0.2, 0.25) is 0 Å². The van der Waals surface area contributed by atoms with Gasteiger partial charge in [-0.1, -0.05) is 50.1 Å². The molecule has 2 amide bonds. The van der Waals surface area contributed by atoms with E-state index in [0.29, 0.717) is 44.0 Å². The summed E-state index contributed by atoms with van der Waals surface area (Å²) in [4.78, 5) is 28.1. The Labute approximate surface area is 228 Å². The average molecular weight is 546 g/mol. The van der Waals surface area contributed by atoms with Crippen LogP contribution in [-0.4, -0.2) is 57.1 Å². The summed E-state index contributed by atoms with van der Waals surface area (Å²) < 4.78 is 31.8. The van der Waals surface area contributed by atoms with Crippen LogP contribution in [0.15, 0.2) is 48.5 Å². The normalized spacial score (nSPS) is 12.0. The van der Waals surface area contributed by atoms with Crippen molar-refractivity contribution in [3.05, 3.63) is 59.7 Å². The van der Waals surface area contributed by atoms with E-state index in [-0.39, 0.29) is 24.8 Å². The number of anilines is 1. The molecule has 0 bridgehead atoms. The Morgan fingerprint density at radius 1 is 0.974 bits per heavy atom. The maximum Gasteiger partial charge on any atom is 0.242 e. The first-order chi connectivity index (χ1) is 18.1. The number of aryl methyl sites for hydroxylation is 1. The molecule has 38 heavy (non-hydrogen) atoms. The van der Waals surface area contributed by atoms with Gasteiger partial charge < -0.3 is 15.0 Å². The molecule has 0 aliphatic rings. The summed E-state index contributed by atoms with van der Waals surface area (Å²) in [6, 6.07) is 14.2. The lowest BCUT2D eigenvalue weighted by molar-refractivity contribution is -0.141. The Morgan fingerprint density at radius 3 is 2.18 bits per heavy atom. The highest BCUT2D eigenvalue weighted by molar-refractivity contribution is 7.92. The van der Waals surface area contributed by atoms with Crippen LogP contribution in [0.25, 0.3) is 0 Å². The van der Waals surface area contributed by atoms with Crippen molar-refractivity contribution in [2.24, 2.45) is 0 Å².